The van der Waals surface area contributed by atoms with Gasteiger partial charge in [0.1, 0.15) is 0 Å². The average molecular weight is 144 g/mol. The molecule has 1 fully saturated rings. The van der Waals surface area contributed by atoms with Crippen molar-refractivity contribution in [2.45, 2.75) is 43.9 Å². The fourth-order valence-electron chi connectivity index (χ4n) is 1.39. The van der Waals surface area contributed by atoms with E-state index >= 15 is 0 Å². The molecule has 0 bridgehead atoms. The van der Waals surface area contributed by atoms with E-state index in [9.17, 15) is 5.11 Å². The highest BCUT2D eigenvalue weighted by molar-refractivity contribution is 4.98. The third-order valence-corrected chi connectivity index (χ3v) is 2.51. The van der Waals surface area contributed by atoms with Crippen LogP contribution in [0.4, 0.5) is 0 Å². The molecule has 1 atom stereocenters. The summed E-state index contributed by atoms with van der Waals surface area (Å²) in [5, 5.41) is 9.65. The first kappa shape index (κ1) is 7.98. The molecule has 0 spiro atoms. The van der Waals surface area contributed by atoms with Crippen LogP contribution < -0.4 is 11.5 Å². The van der Waals surface area contributed by atoms with Gasteiger partial charge in [0.05, 0.1) is 11.3 Å². The highest BCUT2D eigenvalue weighted by atomic mass is 16.3. The Balaban J connectivity index is 2.70. The van der Waals surface area contributed by atoms with Gasteiger partial charge < -0.3 is 16.6 Å². The molecule has 0 amide bonds. The molecule has 1 rings (SSSR count). The zero-order valence-corrected chi connectivity index (χ0v) is 6.43. The summed E-state index contributed by atoms with van der Waals surface area (Å²) in [6.07, 6.45) is 3.51. The van der Waals surface area contributed by atoms with Gasteiger partial charge in [0.2, 0.25) is 0 Å². The molecule has 0 saturated heterocycles. The molecule has 60 valence electrons. The van der Waals surface area contributed by atoms with Crippen molar-refractivity contribution in [1.29, 1.82) is 0 Å². The second-order valence-corrected chi connectivity index (χ2v) is 3.52. The van der Waals surface area contributed by atoms with Gasteiger partial charge >= 0.3 is 0 Å². The Kier molecular flexibility index (Phi) is 1.75. The van der Waals surface area contributed by atoms with Crippen LogP contribution in [0.5, 0.6) is 0 Å². The fraction of sp³-hybridized carbons (Fsp3) is 1.00. The quantitative estimate of drug-likeness (QED) is 0.416. The van der Waals surface area contributed by atoms with E-state index in [1.54, 1.807) is 6.92 Å². The topological polar surface area (TPSA) is 72.3 Å². The predicted molar refractivity (Wildman–Crippen MR) is 40.2 cm³/mol. The predicted octanol–water partition coefficient (Wildman–Crippen LogP) is -0.0749. The molecule has 1 aliphatic rings. The van der Waals surface area contributed by atoms with Crippen LogP contribution in [0.1, 0.15) is 32.6 Å². The Labute approximate surface area is 61.4 Å². The van der Waals surface area contributed by atoms with Crippen LogP contribution in [0.15, 0.2) is 0 Å². The maximum Gasteiger partial charge on any atom is 0.0929 e. The average Bonchev–Trinajstić information content (AvgIpc) is 1.77. The summed E-state index contributed by atoms with van der Waals surface area (Å²) in [6, 6.07) is 0. The van der Waals surface area contributed by atoms with E-state index in [4.69, 9.17) is 11.5 Å². The zero-order chi connectivity index (χ0) is 7.83. The van der Waals surface area contributed by atoms with E-state index in [1.807, 2.05) is 0 Å². The summed E-state index contributed by atoms with van der Waals surface area (Å²) >= 11 is 0. The van der Waals surface area contributed by atoms with Gasteiger partial charge in [-0.15, -0.1) is 0 Å². The van der Waals surface area contributed by atoms with Crippen LogP contribution in [0.25, 0.3) is 0 Å². The van der Waals surface area contributed by atoms with Gasteiger partial charge in [0, 0.05) is 0 Å². The molecule has 0 aromatic carbocycles. The third-order valence-electron chi connectivity index (χ3n) is 2.51. The minimum atomic E-state index is -0.870. The molecule has 1 saturated carbocycles. The highest BCUT2D eigenvalue weighted by Crippen LogP contribution is 2.31. The van der Waals surface area contributed by atoms with Gasteiger partial charge in [0.25, 0.3) is 0 Å². The smallest absolute Gasteiger partial charge is 0.0929 e. The molecule has 1 unspecified atom stereocenters. The Hall–Kier alpha value is -0.120. The molecule has 0 aromatic rings. The monoisotopic (exact) mass is 144 g/mol. The van der Waals surface area contributed by atoms with E-state index in [2.05, 4.69) is 0 Å². The molecule has 1 aliphatic carbocycles. The Morgan fingerprint density at radius 1 is 1.20 bits per heavy atom. The van der Waals surface area contributed by atoms with Crippen molar-refractivity contribution >= 4 is 0 Å². The summed E-state index contributed by atoms with van der Waals surface area (Å²) in [5.74, 6) is 0. The van der Waals surface area contributed by atoms with Crippen LogP contribution >= 0.6 is 0 Å². The molecule has 0 aromatic heterocycles. The SMILES string of the molecule is CC1(O)CCCCC1(N)N. The summed E-state index contributed by atoms with van der Waals surface area (Å²) in [6.45, 7) is 1.71. The molecule has 10 heavy (non-hydrogen) atoms. The van der Waals surface area contributed by atoms with E-state index in [-0.39, 0.29) is 0 Å². The fourth-order valence-corrected chi connectivity index (χ4v) is 1.39. The lowest BCUT2D eigenvalue weighted by atomic mass is 9.77. The maximum absolute atomic E-state index is 9.65. The summed E-state index contributed by atoms with van der Waals surface area (Å²) in [7, 11) is 0. The minimum absolute atomic E-state index is 0.722. The van der Waals surface area contributed by atoms with Crippen molar-refractivity contribution in [2.24, 2.45) is 11.5 Å². The van der Waals surface area contributed by atoms with Crippen molar-refractivity contribution in [3.63, 3.8) is 0 Å². The number of hydrogen-bond acceptors (Lipinski definition) is 3. The minimum Gasteiger partial charge on any atom is -0.387 e. The Bertz CT molecular complexity index is 116. The molecule has 5 N–H and O–H groups in total. The van der Waals surface area contributed by atoms with Crippen LogP contribution in [0.3, 0.4) is 0 Å². The first-order valence-electron chi connectivity index (χ1n) is 3.76. The van der Waals surface area contributed by atoms with E-state index in [0.717, 1.165) is 25.7 Å². The van der Waals surface area contributed by atoms with Gasteiger partial charge in [-0.3, -0.25) is 0 Å². The standard InChI is InChI=1S/C7H16N2O/c1-6(10)4-2-3-5-7(6,8)9/h10H,2-5,8-9H2,1H3. The molecular weight excluding hydrogens is 128 g/mol. The third kappa shape index (κ3) is 1.17. The first-order valence-corrected chi connectivity index (χ1v) is 3.76. The largest absolute Gasteiger partial charge is 0.387 e. The number of rotatable bonds is 0. The molecule has 3 heteroatoms. The summed E-state index contributed by atoms with van der Waals surface area (Å²) < 4.78 is 0. The van der Waals surface area contributed by atoms with E-state index in [1.165, 1.54) is 0 Å². The van der Waals surface area contributed by atoms with Crippen molar-refractivity contribution < 1.29 is 5.11 Å². The zero-order valence-electron chi connectivity index (χ0n) is 6.43. The van der Waals surface area contributed by atoms with Gasteiger partial charge in [-0.05, 0) is 19.8 Å². The molecule has 0 aliphatic heterocycles. The van der Waals surface area contributed by atoms with Gasteiger partial charge in [-0.1, -0.05) is 12.8 Å². The van der Waals surface area contributed by atoms with E-state index < -0.39 is 11.3 Å². The van der Waals surface area contributed by atoms with E-state index in [0.29, 0.717) is 0 Å². The van der Waals surface area contributed by atoms with Crippen molar-refractivity contribution in [1.82, 2.24) is 0 Å². The van der Waals surface area contributed by atoms with Crippen LogP contribution in [-0.4, -0.2) is 16.4 Å². The molecule has 0 heterocycles. The van der Waals surface area contributed by atoms with Crippen LogP contribution in [0, 0.1) is 0 Å². The lowest BCUT2D eigenvalue weighted by Gasteiger charge is -2.43. The normalized spacial score (nSPS) is 39.6. The van der Waals surface area contributed by atoms with Crippen molar-refractivity contribution in [2.75, 3.05) is 0 Å². The molecular formula is C7H16N2O. The molecule has 0 radical (unpaired) electrons. The maximum atomic E-state index is 9.65. The number of nitrogens with two attached hydrogens (primary N) is 2. The van der Waals surface area contributed by atoms with Gasteiger partial charge in [-0.25, -0.2) is 0 Å². The molecule has 3 nitrogen and oxygen atoms in total. The number of aliphatic hydroxyl groups is 1. The summed E-state index contributed by atoms with van der Waals surface area (Å²) in [4.78, 5) is 0. The Morgan fingerprint density at radius 3 is 2.00 bits per heavy atom. The second kappa shape index (κ2) is 2.19. The number of hydrogen-bond donors (Lipinski definition) is 3. The second-order valence-electron chi connectivity index (χ2n) is 3.52. The van der Waals surface area contributed by atoms with Crippen LogP contribution in [0.2, 0.25) is 0 Å². The summed E-state index contributed by atoms with van der Waals surface area (Å²) in [5.41, 5.74) is 9.63. The lowest BCUT2D eigenvalue weighted by molar-refractivity contribution is -0.0472. The van der Waals surface area contributed by atoms with Gasteiger partial charge in [0.15, 0.2) is 0 Å². The Morgan fingerprint density at radius 2 is 1.70 bits per heavy atom. The van der Waals surface area contributed by atoms with Crippen molar-refractivity contribution in [3.8, 4) is 0 Å². The highest BCUT2D eigenvalue weighted by Gasteiger charge is 2.42. The van der Waals surface area contributed by atoms with Crippen LogP contribution in [-0.2, 0) is 0 Å². The first-order chi connectivity index (χ1) is 4.46. The van der Waals surface area contributed by atoms with Crippen molar-refractivity contribution in [3.05, 3.63) is 0 Å². The van der Waals surface area contributed by atoms with Gasteiger partial charge in [-0.2, -0.15) is 0 Å². The lowest BCUT2D eigenvalue weighted by Crippen LogP contribution is -2.66.